The second kappa shape index (κ2) is 26.1. The summed E-state index contributed by atoms with van der Waals surface area (Å²) in [5, 5.41) is 8.38. The molecule has 0 spiro atoms. The van der Waals surface area contributed by atoms with Crippen LogP contribution in [0.15, 0.2) is 12.2 Å². The number of aliphatic hydroxyl groups excluding tert-OH is 1. The van der Waals surface area contributed by atoms with Crippen LogP contribution < -0.4 is 0 Å². The van der Waals surface area contributed by atoms with E-state index in [1.807, 2.05) is 57.4 Å². The van der Waals surface area contributed by atoms with Gasteiger partial charge in [-0.05, 0) is 25.7 Å². The van der Waals surface area contributed by atoms with Gasteiger partial charge in [-0.25, -0.2) is 12.8 Å². The van der Waals surface area contributed by atoms with Crippen molar-refractivity contribution in [3.8, 4) is 0 Å². The van der Waals surface area contributed by atoms with Crippen molar-refractivity contribution in [2.24, 2.45) is 0 Å². The van der Waals surface area contributed by atoms with Gasteiger partial charge in [-0.1, -0.05) is 25.0 Å². The fraction of sp³-hybridized carbons (Fsp3) is 0.520. The van der Waals surface area contributed by atoms with Crippen LogP contribution in [0.5, 0.6) is 0 Å². The van der Waals surface area contributed by atoms with Crippen molar-refractivity contribution >= 4 is 19.8 Å². The SMILES string of the molecule is CCC[CH2][Sn+]([CH2]CCC)[CH2]CCC.OC/C=C/[C]1[CH][CH][CH][CH]1.[C-]1[CH][CH][CH][CH]1.[Fe+2]. The van der Waals surface area contributed by atoms with Gasteiger partial charge in [0.15, 0.2) is 0 Å². The predicted molar refractivity (Wildman–Crippen MR) is 122 cm³/mol. The zero-order chi connectivity index (χ0) is 20.0. The molecule has 0 amide bonds. The minimum absolute atomic E-state index is 0. The van der Waals surface area contributed by atoms with Crippen molar-refractivity contribution in [1.29, 1.82) is 0 Å². The molecule has 2 aliphatic rings. The molecular weight excluding hydrogens is 491 g/mol. The van der Waals surface area contributed by atoms with Crippen LogP contribution in [0.1, 0.15) is 59.3 Å². The number of aliphatic hydroxyl groups is 1. The predicted octanol–water partition coefficient (Wildman–Crippen LogP) is 6.72. The monoisotopic (exact) mass is 532 g/mol. The van der Waals surface area contributed by atoms with Gasteiger partial charge in [-0.2, -0.15) is 0 Å². The van der Waals surface area contributed by atoms with Gasteiger partial charge in [0.25, 0.3) is 0 Å². The van der Waals surface area contributed by atoms with E-state index in [4.69, 9.17) is 5.11 Å². The summed E-state index contributed by atoms with van der Waals surface area (Å²) < 4.78 is 5.04. The van der Waals surface area contributed by atoms with E-state index in [-0.39, 0.29) is 23.7 Å². The average molecular weight is 531 g/mol. The van der Waals surface area contributed by atoms with Crippen molar-refractivity contribution < 1.29 is 22.2 Å². The standard InChI is InChI=1S/C8H9O.C5H4.3C4H9.Fe.Sn/c9-7-3-6-8-4-1-2-5-8;1-2-4-5-3-1;3*1-3-4-2;;/h1-6,9H,7H2;1-4H;3*1,3-4H2,2H3;;/q;-1;;;;+2;+1/b6-3+;;;;;;. The number of allylic oxidation sites excluding steroid dienone is 1. The molecule has 0 unspecified atom stereocenters. The maximum absolute atomic E-state index is 8.38. The molecule has 0 aromatic carbocycles. The molecule has 1 N–H and O–H groups in total. The topological polar surface area (TPSA) is 20.2 Å². The molecule has 0 saturated heterocycles. The first kappa shape index (κ1) is 31.2. The van der Waals surface area contributed by atoms with Crippen molar-refractivity contribution in [2.75, 3.05) is 6.61 Å². The van der Waals surface area contributed by atoms with Crippen LogP contribution >= 0.6 is 0 Å². The normalized spacial score (nSPS) is 16.1. The van der Waals surface area contributed by atoms with Crippen LogP contribution in [0.3, 0.4) is 0 Å². The van der Waals surface area contributed by atoms with Crippen LogP contribution in [0.4, 0.5) is 0 Å². The van der Waals surface area contributed by atoms with Gasteiger partial charge in [0.1, 0.15) is 0 Å². The molecule has 10 radical (unpaired) electrons. The van der Waals surface area contributed by atoms with Crippen LogP contribution in [-0.2, 0) is 17.1 Å². The summed E-state index contributed by atoms with van der Waals surface area (Å²) in [4.78, 5) is 0. The molecule has 1 nitrogen and oxygen atoms in total. The third-order valence-corrected chi connectivity index (χ3v) is 13.3. The molecule has 28 heavy (non-hydrogen) atoms. The minimum Gasteiger partial charge on any atom is -0.474 e. The van der Waals surface area contributed by atoms with E-state index in [0.29, 0.717) is 0 Å². The Morgan fingerprint density at radius 2 is 1.29 bits per heavy atom. The zero-order valence-electron chi connectivity index (χ0n) is 18.1. The number of unbranched alkanes of at least 4 members (excludes halogenated alkanes) is 3. The van der Waals surface area contributed by atoms with E-state index in [2.05, 4.69) is 27.2 Å². The van der Waals surface area contributed by atoms with E-state index in [9.17, 15) is 0 Å². The first-order valence-electron chi connectivity index (χ1n) is 10.7. The van der Waals surface area contributed by atoms with Crippen LogP contribution in [-0.4, -0.2) is 31.5 Å². The number of hydrogen-bond donors (Lipinski definition) is 1. The Kier molecular flexibility index (Phi) is 29.0. The Bertz CT molecular complexity index is 272. The average Bonchev–Trinajstić information content (AvgIpc) is 3.43. The maximum Gasteiger partial charge on any atom is 2.00 e. The molecule has 2 fully saturated rings. The van der Waals surface area contributed by atoms with Crippen molar-refractivity contribution in [2.45, 2.75) is 72.6 Å². The Balaban J connectivity index is 0. The quantitative estimate of drug-likeness (QED) is 0.232. The Labute approximate surface area is 196 Å². The molecule has 0 heterocycles. The second-order valence-electron chi connectivity index (χ2n) is 6.75. The fourth-order valence-electron chi connectivity index (χ4n) is 2.62. The van der Waals surface area contributed by atoms with Gasteiger partial charge < -0.3 is 11.5 Å². The summed E-state index contributed by atoms with van der Waals surface area (Å²) in [6.45, 7) is 7.12. The van der Waals surface area contributed by atoms with Crippen LogP contribution in [0.25, 0.3) is 0 Å². The molecule has 0 aromatic rings. The molecule has 0 bridgehead atoms. The Hall–Kier alpha value is 1.02. The summed E-state index contributed by atoms with van der Waals surface area (Å²) in [7, 11) is 0. The molecule has 2 aliphatic carbocycles. The van der Waals surface area contributed by atoms with Crippen molar-refractivity contribution in [3.05, 3.63) is 75.9 Å². The summed E-state index contributed by atoms with van der Waals surface area (Å²) in [6, 6.07) is 0. The van der Waals surface area contributed by atoms with E-state index >= 15 is 0 Å². The fourth-order valence-corrected chi connectivity index (χ4v) is 12.1. The molecular formula is C25H40FeOSn+2. The Morgan fingerprint density at radius 1 is 0.821 bits per heavy atom. The molecule has 0 aromatic heterocycles. The van der Waals surface area contributed by atoms with Gasteiger partial charge in [0, 0.05) is 5.92 Å². The largest absolute Gasteiger partial charge is 2.00 e. The van der Waals surface area contributed by atoms with Crippen molar-refractivity contribution in [1.82, 2.24) is 0 Å². The molecule has 0 atom stereocenters. The van der Waals surface area contributed by atoms with Gasteiger partial charge in [0.2, 0.25) is 0 Å². The minimum atomic E-state index is -0.839. The summed E-state index contributed by atoms with van der Waals surface area (Å²) in [5.74, 6) is 1.14. The molecule has 2 rings (SSSR count). The van der Waals surface area contributed by atoms with Crippen molar-refractivity contribution in [3.63, 3.8) is 0 Å². The van der Waals surface area contributed by atoms with Crippen LogP contribution in [0.2, 0.25) is 13.3 Å². The van der Waals surface area contributed by atoms with Gasteiger partial charge in [0.05, 0.1) is 6.61 Å². The first-order valence-corrected chi connectivity index (χ1v) is 16.7. The van der Waals surface area contributed by atoms with E-state index in [0.717, 1.165) is 5.92 Å². The number of hydrogen-bond acceptors (Lipinski definition) is 1. The zero-order valence-corrected chi connectivity index (χ0v) is 22.1. The number of rotatable bonds is 11. The van der Waals surface area contributed by atoms with E-state index < -0.39 is 19.8 Å². The third-order valence-electron chi connectivity index (χ3n) is 4.25. The first-order chi connectivity index (χ1) is 13.3. The summed E-state index contributed by atoms with van der Waals surface area (Å²) in [5.41, 5.74) is 0. The maximum atomic E-state index is 8.38. The van der Waals surface area contributed by atoms with Gasteiger partial charge in [-0.3, -0.25) is 0 Å². The molecule has 0 aliphatic heterocycles. The van der Waals surface area contributed by atoms with Crippen LogP contribution in [0, 0.1) is 63.7 Å². The summed E-state index contributed by atoms with van der Waals surface area (Å²) >= 11 is -0.839. The molecule has 3 heteroatoms. The molecule has 2 saturated carbocycles. The smallest absolute Gasteiger partial charge is 0.474 e. The summed E-state index contributed by atoms with van der Waals surface area (Å²) in [6.07, 6.45) is 30.9. The Morgan fingerprint density at radius 3 is 1.61 bits per heavy atom. The van der Waals surface area contributed by atoms with Gasteiger partial charge in [-0.15, -0.1) is 0 Å². The van der Waals surface area contributed by atoms with E-state index in [1.54, 1.807) is 19.4 Å². The van der Waals surface area contributed by atoms with E-state index in [1.165, 1.54) is 38.5 Å². The third kappa shape index (κ3) is 21.7. The molecule has 156 valence electrons. The second-order valence-corrected chi connectivity index (χ2v) is 15.3. The van der Waals surface area contributed by atoms with Gasteiger partial charge >= 0.3 is 109 Å².